The number of hydrogen-bond acceptors (Lipinski definition) is 3. The van der Waals surface area contributed by atoms with E-state index in [9.17, 15) is 8.42 Å². The molecule has 6 heteroatoms. The third-order valence-corrected chi connectivity index (χ3v) is 5.26. The lowest BCUT2D eigenvalue weighted by Gasteiger charge is -2.07. The SMILES string of the molecule is Cc1ccc(C)c(S(=O)(=O)N/N=C\c2ccccc2I)c1. The van der Waals surface area contributed by atoms with Crippen molar-refractivity contribution in [3.8, 4) is 0 Å². The zero-order valence-electron chi connectivity index (χ0n) is 11.7. The second-order valence-electron chi connectivity index (χ2n) is 4.64. The first kappa shape index (κ1) is 16.0. The maximum absolute atomic E-state index is 12.3. The van der Waals surface area contributed by atoms with Crippen LogP contribution in [0.2, 0.25) is 0 Å². The summed E-state index contributed by atoms with van der Waals surface area (Å²) in [5, 5.41) is 3.85. The Morgan fingerprint density at radius 1 is 1.14 bits per heavy atom. The summed E-state index contributed by atoms with van der Waals surface area (Å²) in [6, 6.07) is 12.9. The van der Waals surface area contributed by atoms with Gasteiger partial charge in [0.15, 0.2) is 0 Å². The molecule has 0 aliphatic carbocycles. The number of sulfonamides is 1. The van der Waals surface area contributed by atoms with Crippen LogP contribution in [0, 0.1) is 17.4 Å². The molecule has 2 aromatic carbocycles. The van der Waals surface area contributed by atoms with Crippen LogP contribution in [0.4, 0.5) is 0 Å². The molecule has 0 aliphatic rings. The molecule has 0 unspecified atom stereocenters. The first-order chi connectivity index (χ1) is 9.90. The predicted molar refractivity (Wildman–Crippen MR) is 93.0 cm³/mol. The first-order valence-electron chi connectivity index (χ1n) is 6.27. The van der Waals surface area contributed by atoms with Crippen LogP contribution in [0.5, 0.6) is 0 Å². The quantitative estimate of drug-likeness (QED) is 0.475. The molecule has 110 valence electrons. The van der Waals surface area contributed by atoms with Crippen LogP contribution in [0.1, 0.15) is 16.7 Å². The van der Waals surface area contributed by atoms with E-state index in [0.29, 0.717) is 5.56 Å². The third-order valence-electron chi connectivity index (χ3n) is 2.91. The van der Waals surface area contributed by atoms with Crippen LogP contribution in [0.3, 0.4) is 0 Å². The Bertz CT molecular complexity index is 786. The second kappa shape index (κ2) is 6.57. The molecule has 0 heterocycles. The van der Waals surface area contributed by atoms with E-state index < -0.39 is 10.0 Å². The van der Waals surface area contributed by atoms with Crippen molar-refractivity contribution in [3.63, 3.8) is 0 Å². The predicted octanol–water partition coefficient (Wildman–Crippen LogP) is 3.22. The van der Waals surface area contributed by atoms with Gasteiger partial charge in [0.2, 0.25) is 0 Å². The molecule has 1 N–H and O–H groups in total. The monoisotopic (exact) mass is 414 g/mol. The van der Waals surface area contributed by atoms with Gasteiger partial charge in [-0.2, -0.15) is 13.5 Å². The number of nitrogens with zero attached hydrogens (tertiary/aromatic N) is 1. The molecule has 0 radical (unpaired) electrons. The first-order valence-corrected chi connectivity index (χ1v) is 8.83. The Morgan fingerprint density at radius 3 is 2.57 bits per heavy atom. The fraction of sp³-hybridized carbons (Fsp3) is 0.133. The summed E-state index contributed by atoms with van der Waals surface area (Å²) < 4.78 is 25.5. The second-order valence-corrected chi connectivity index (χ2v) is 7.43. The molecule has 2 aromatic rings. The highest BCUT2D eigenvalue weighted by Crippen LogP contribution is 2.16. The van der Waals surface area contributed by atoms with Gasteiger partial charge in [0, 0.05) is 9.13 Å². The summed E-state index contributed by atoms with van der Waals surface area (Å²) in [4.78, 5) is 2.51. The summed E-state index contributed by atoms with van der Waals surface area (Å²) in [5.74, 6) is 0. The van der Waals surface area contributed by atoms with E-state index in [2.05, 4.69) is 32.5 Å². The Morgan fingerprint density at radius 2 is 1.86 bits per heavy atom. The molecule has 0 atom stereocenters. The van der Waals surface area contributed by atoms with Crippen LogP contribution in [0.15, 0.2) is 52.5 Å². The Hall–Kier alpha value is -1.41. The van der Waals surface area contributed by atoms with E-state index >= 15 is 0 Å². The highest BCUT2D eigenvalue weighted by molar-refractivity contribution is 14.1. The number of nitrogens with one attached hydrogen (secondary N) is 1. The molecule has 0 aliphatic heterocycles. The third kappa shape index (κ3) is 4.04. The van der Waals surface area contributed by atoms with E-state index in [-0.39, 0.29) is 4.90 Å². The van der Waals surface area contributed by atoms with Crippen molar-refractivity contribution in [3.05, 3.63) is 62.7 Å². The lowest BCUT2D eigenvalue weighted by molar-refractivity contribution is 0.584. The molecule has 0 saturated heterocycles. The number of hydrazone groups is 1. The van der Waals surface area contributed by atoms with E-state index in [0.717, 1.165) is 14.7 Å². The zero-order chi connectivity index (χ0) is 15.5. The number of hydrogen-bond donors (Lipinski definition) is 1. The van der Waals surface area contributed by atoms with Crippen molar-refractivity contribution >= 4 is 38.8 Å². The van der Waals surface area contributed by atoms with Gasteiger partial charge in [-0.05, 0) is 59.7 Å². The van der Waals surface area contributed by atoms with Gasteiger partial charge in [-0.25, -0.2) is 4.83 Å². The molecule has 0 amide bonds. The Labute approximate surface area is 138 Å². The van der Waals surface area contributed by atoms with Gasteiger partial charge in [0.05, 0.1) is 11.1 Å². The van der Waals surface area contributed by atoms with Crippen LogP contribution in [-0.2, 0) is 10.0 Å². The summed E-state index contributed by atoms with van der Waals surface area (Å²) in [6.45, 7) is 3.62. The summed E-state index contributed by atoms with van der Waals surface area (Å²) in [6.07, 6.45) is 1.50. The van der Waals surface area contributed by atoms with Gasteiger partial charge in [-0.3, -0.25) is 0 Å². The van der Waals surface area contributed by atoms with Crippen LogP contribution in [-0.4, -0.2) is 14.6 Å². The number of aryl methyl sites for hydroxylation is 2. The van der Waals surface area contributed by atoms with Crippen molar-refractivity contribution in [2.24, 2.45) is 5.10 Å². The van der Waals surface area contributed by atoms with Crippen molar-refractivity contribution in [2.75, 3.05) is 0 Å². The van der Waals surface area contributed by atoms with Gasteiger partial charge >= 0.3 is 0 Å². The fourth-order valence-corrected chi connectivity index (χ4v) is 3.44. The molecular weight excluding hydrogens is 399 g/mol. The smallest absolute Gasteiger partial charge is 0.200 e. The van der Waals surface area contributed by atoms with Crippen LogP contribution < -0.4 is 4.83 Å². The number of halogens is 1. The van der Waals surface area contributed by atoms with E-state index in [4.69, 9.17) is 0 Å². The maximum Gasteiger partial charge on any atom is 0.276 e. The van der Waals surface area contributed by atoms with Crippen molar-refractivity contribution in [2.45, 2.75) is 18.7 Å². The summed E-state index contributed by atoms with van der Waals surface area (Å²) >= 11 is 2.17. The van der Waals surface area contributed by atoms with Gasteiger partial charge in [0.25, 0.3) is 10.0 Å². The van der Waals surface area contributed by atoms with Crippen LogP contribution >= 0.6 is 22.6 Å². The summed E-state index contributed by atoms with van der Waals surface area (Å²) in [5.41, 5.74) is 2.45. The minimum Gasteiger partial charge on any atom is -0.200 e. The van der Waals surface area contributed by atoms with Gasteiger partial charge in [-0.15, -0.1) is 0 Å². The highest BCUT2D eigenvalue weighted by Gasteiger charge is 2.15. The van der Waals surface area contributed by atoms with E-state index in [1.807, 2.05) is 37.3 Å². The molecule has 0 bridgehead atoms. The molecule has 0 saturated carbocycles. The summed E-state index contributed by atoms with van der Waals surface area (Å²) in [7, 11) is -3.65. The highest BCUT2D eigenvalue weighted by atomic mass is 127. The standard InChI is InChI=1S/C15H15IN2O2S/c1-11-7-8-12(2)15(9-11)21(19,20)18-17-10-13-5-3-4-6-14(13)16/h3-10,18H,1-2H3/b17-10-. The molecule has 0 fully saturated rings. The van der Waals surface area contributed by atoms with Gasteiger partial charge in [-0.1, -0.05) is 30.3 Å². The van der Waals surface area contributed by atoms with E-state index in [1.165, 1.54) is 6.21 Å². The average molecular weight is 414 g/mol. The van der Waals surface area contributed by atoms with Crippen molar-refractivity contribution in [1.29, 1.82) is 0 Å². The van der Waals surface area contributed by atoms with Crippen LogP contribution in [0.25, 0.3) is 0 Å². The zero-order valence-corrected chi connectivity index (χ0v) is 14.6. The average Bonchev–Trinajstić information content (AvgIpc) is 2.43. The molecule has 4 nitrogen and oxygen atoms in total. The minimum atomic E-state index is -3.65. The maximum atomic E-state index is 12.3. The van der Waals surface area contributed by atoms with Crippen molar-refractivity contribution < 1.29 is 8.42 Å². The largest absolute Gasteiger partial charge is 0.276 e. The Balaban J connectivity index is 2.23. The molecular formula is C15H15IN2O2S. The Kier molecular flexibility index (Phi) is 5.00. The molecule has 2 rings (SSSR count). The van der Waals surface area contributed by atoms with Crippen molar-refractivity contribution in [1.82, 2.24) is 4.83 Å². The molecule has 21 heavy (non-hydrogen) atoms. The lowest BCUT2D eigenvalue weighted by atomic mass is 10.2. The fourth-order valence-electron chi connectivity index (χ4n) is 1.79. The van der Waals surface area contributed by atoms with Gasteiger partial charge in [0.1, 0.15) is 0 Å². The molecule has 0 spiro atoms. The normalized spacial score (nSPS) is 11.8. The topological polar surface area (TPSA) is 58.5 Å². The minimum absolute atomic E-state index is 0.252. The number of rotatable bonds is 4. The molecule has 0 aromatic heterocycles. The van der Waals surface area contributed by atoms with Gasteiger partial charge < -0.3 is 0 Å². The van der Waals surface area contributed by atoms with E-state index in [1.54, 1.807) is 19.1 Å². The number of benzene rings is 2. The lowest BCUT2D eigenvalue weighted by Crippen LogP contribution is -2.19.